The summed E-state index contributed by atoms with van der Waals surface area (Å²) in [5.74, 6) is -1.96. The molecule has 1 aromatic carbocycles. The van der Waals surface area contributed by atoms with Crippen LogP contribution in [0.3, 0.4) is 0 Å². The van der Waals surface area contributed by atoms with Crippen molar-refractivity contribution in [3.63, 3.8) is 0 Å². The fourth-order valence-corrected chi connectivity index (χ4v) is 4.33. The van der Waals surface area contributed by atoms with Gasteiger partial charge in [-0.1, -0.05) is 18.2 Å². The number of nitrogens with zero attached hydrogens (tertiary/aromatic N) is 5. The van der Waals surface area contributed by atoms with Gasteiger partial charge in [0.05, 0.1) is 35.1 Å². The molecule has 0 bridgehead atoms. The number of ketones is 1. The zero-order valence-electron chi connectivity index (χ0n) is 20.3. The number of hydrogen-bond donors (Lipinski definition) is 3. The van der Waals surface area contributed by atoms with Crippen molar-refractivity contribution < 1.29 is 24.3 Å². The number of aromatic amines is 1. The van der Waals surface area contributed by atoms with Gasteiger partial charge in [0.25, 0.3) is 17.6 Å². The summed E-state index contributed by atoms with van der Waals surface area (Å²) in [5, 5.41) is 13.2. The Kier molecular flexibility index (Phi) is 6.52. The minimum atomic E-state index is -0.793. The standard InChI is InChI=1S/C26H23N7O5/c1-15(34)31-20-14-27-18(12-28-20)22-23-21(19(35)13-30-22)17(11-29-23)24(36)26(38)33-9-7-32(8-10-33)25(37)16-5-3-2-4-6-16/h2-6,11-14,29,35H,7-10H2,1H3,(H,28,31,34). The first-order valence-electron chi connectivity index (χ1n) is 11.8. The highest BCUT2D eigenvalue weighted by Crippen LogP contribution is 2.33. The van der Waals surface area contributed by atoms with Gasteiger partial charge in [0, 0.05) is 44.9 Å². The lowest BCUT2D eigenvalue weighted by Crippen LogP contribution is -2.52. The lowest BCUT2D eigenvalue weighted by Gasteiger charge is -2.34. The summed E-state index contributed by atoms with van der Waals surface area (Å²) < 4.78 is 0. The van der Waals surface area contributed by atoms with Crippen molar-refractivity contribution >= 4 is 40.2 Å². The molecule has 12 heteroatoms. The number of Topliss-reactive ketones (excluding diaryl/α,β-unsaturated/α-hetero) is 1. The molecule has 1 fully saturated rings. The van der Waals surface area contributed by atoms with Crippen LogP contribution in [-0.2, 0) is 9.59 Å². The normalized spacial score (nSPS) is 13.4. The molecule has 4 aromatic rings. The zero-order valence-corrected chi connectivity index (χ0v) is 20.3. The van der Waals surface area contributed by atoms with Gasteiger partial charge >= 0.3 is 0 Å². The number of aromatic nitrogens is 4. The SMILES string of the molecule is CC(=O)Nc1cnc(-c2ncc(O)c3c(C(=O)C(=O)N4CCN(C(=O)c5ccccc5)CC4)c[nH]c23)cn1. The first-order valence-corrected chi connectivity index (χ1v) is 11.8. The van der Waals surface area contributed by atoms with Gasteiger partial charge in [0.1, 0.15) is 17.1 Å². The van der Waals surface area contributed by atoms with E-state index in [1.807, 2.05) is 6.07 Å². The minimum absolute atomic E-state index is 0.00299. The van der Waals surface area contributed by atoms with Crippen LogP contribution in [-0.4, -0.2) is 84.5 Å². The van der Waals surface area contributed by atoms with E-state index in [9.17, 15) is 24.3 Å². The van der Waals surface area contributed by atoms with Gasteiger partial charge in [-0.3, -0.25) is 19.2 Å². The Morgan fingerprint density at radius 2 is 1.63 bits per heavy atom. The molecule has 0 saturated carbocycles. The molecule has 4 heterocycles. The van der Waals surface area contributed by atoms with E-state index in [2.05, 4.69) is 25.3 Å². The van der Waals surface area contributed by atoms with E-state index in [-0.39, 0.29) is 47.4 Å². The van der Waals surface area contributed by atoms with Gasteiger partial charge in [0.15, 0.2) is 5.82 Å². The number of hydrogen-bond acceptors (Lipinski definition) is 8. The maximum atomic E-state index is 13.2. The molecular formula is C26H23N7O5. The smallest absolute Gasteiger partial charge is 0.295 e. The van der Waals surface area contributed by atoms with Crippen molar-refractivity contribution in [2.45, 2.75) is 6.92 Å². The van der Waals surface area contributed by atoms with Crippen LogP contribution in [0.1, 0.15) is 27.6 Å². The molecule has 0 unspecified atom stereocenters. The van der Waals surface area contributed by atoms with Gasteiger partial charge in [-0.05, 0) is 12.1 Å². The average molecular weight is 514 g/mol. The molecule has 3 N–H and O–H groups in total. The molecule has 0 radical (unpaired) electrons. The fraction of sp³-hybridized carbons (Fsp3) is 0.192. The Labute approximate surface area is 216 Å². The number of pyridine rings is 1. The molecule has 5 rings (SSSR count). The molecule has 0 aliphatic carbocycles. The summed E-state index contributed by atoms with van der Waals surface area (Å²) >= 11 is 0. The van der Waals surface area contributed by atoms with Crippen LogP contribution < -0.4 is 5.32 Å². The van der Waals surface area contributed by atoms with Gasteiger partial charge in [-0.2, -0.15) is 0 Å². The zero-order chi connectivity index (χ0) is 26.8. The number of piperazine rings is 1. The number of anilines is 1. The third-order valence-corrected chi connectivity index (χ3v) is 6.20. The Balaban J connectivity index is 1.34. The first kappa shape index (κ1) is 24.6. The highest BCUT2D eigenvalue weighted by molar-refractivity contribution is 6.45. The molecular weight excluding hydrogens is 490 g/mol. The van der Waals surface area contributed by atoms with Gasteiger partial charge in [-0.25, -0.2) is 15.0 Å². The van der Waals surface area contributed by atoms with Crippen LogP contribution >= 0.6 is 0 Å². The number of benzene rings is 1. The number of rotatable bonds is 5. The largest absolute Gasteiger partial charge is 0.506 e. The molecule has 1 saturated heterocycles. The van der Waals surface area contributed by atoms with Crippen LogP contribution in [0.15, 0.2) is 55.1 Å². The third-order valence-electron chi connectivity index (χ3n) is 6.20. The van der Waals surface area contributed by atoms with E-state index >= 15 is 0 Å². The van der Waals surface area contributed by atoms with Crippen molar-refractivity contribution in [1.29, 1.82) is 0 Å². The Bertz CT molecular complexity index is 1540. The van der Waals surface area contributed by atoms with Gasteiger partial charge in [-0.15, -0.1) is 0 Å². The maximum Gasteiger partial charge on any atom is 0.295 e. The summed E-state index contributed by atoms with van der Waals surface area (Å²) in [6, 6.07) is 8.88. The van der Waals surface area contributed by atoms with Crippen molar-refractivity contribution in [2.75, 3.05) is 31.5 Å². The molecule has 3 amide bonds. The van der Waals surface area contributed by atoms with Crippen molar-refractivity contribution in [1.82, 2.24) is 29.7 Å². The molecule has 38 heavy (non-hydrogen) atoms. The van der Waals surface area contributed by atoms with Crippen molar-refractivity contribution in [3.05, 3.63) is 66.2 Å². The van der Waals surface area contributed by atoms with Crippen LogP contribution in [0, 0.1) is 0 Å². The summed E-state index contributed by atoms with van der Waals surface area (Å²) in [5.41, 5.74) is 1.50. The second-order valence-electron chi connectivity index (χ2n) is 8.69. The molecule has 1 aliphatic heterocycles. The maximum absolute atomic E-state index is 13.2. The van der Waals surface area contributed by atoms with Crippen molar-refractivity contribution in [2.24, 2.45) is 0 Å². The minimum Gasteiger partial charge on any atom is -0.506 e. The fourth-order valence-electron chi connectivity index (χ4n) is 4.33. The Morgan fingerprint density at radius 3 is 2.29 bits per heavy atom. The van der Waals surface area contributed by atoms with Crippen LogP contribution in [0.4, 0.5) is 5.82 Å². The number of carbonyl (C=O) groups is 4. The number of nitrogens with one attached hydrogen (secondary N) is 2. The third kappa shape index (κ3) is 4.66. The average Bonchev–Trinajstić information content (AvgIpc) is 3.39. The first-order chi connectivity index (χ1) is 18.3. The van der Waals surface area contributed by atoms with Crippen LogP contribution in [0.25, 0.3) is 22.3 Å². The van der Waals surface area contributed by atoms with Crippen LogP contribution in [0.2, 0.25) is 0 Å². The van der Waals surface area contributed by atoms with E-state index in [1.54, 1.807) is 29.2 Å². The van der Waals surface area contributed by atoms with E-state index in [0.29, 0.717) is 35.6 Å². The topological polar surface area (TPSA) is 161 Å². The number of fused-ring (bicyclic) bond motifs is 1. The van der Waals surface area contributed by atoms with E-state index in [4.69, 9.17) is 0 Å². The van der Waals surface area contributed by atoms with Crippen molar-refractivity contribution in [3.8, 4) is 17.1 Å². The van der Waals surface area contributed by atoms with Gasteiger partial charge < -0.3 is 25.2 Å². The number of aromatic hydroxyl groups is 1. The quantitative estimate of drug-likeness (QED) is 0.269. The molecule has 1 aliphatic rings. The lowest BCUT2D eigenvalue weighted by atomic mass is 10.1. The highest BCUT2D eigenvalue weighted by atomic mass is 16.3. The lowest BCUT2D eigenvalue weighted by molar-refractivity contribution is -0.127. The molecule has 192 valence electrons. The Hall–Kier alpha value is -5.13. The summed E-state index contributed by atoms with van der Waals surface area (Å²) in [7, 11) is 0. The molecule has 0 atom stereocenters. The monoisotopic (exact) mass is 513 g/mol. The van der Waals surface area contributed by atoms with Gasteiger partial charge in [0.2, 0.25) is 5.91 Å². The molecule has 0 spiro atoms. The highest BCUT2D eigenvalue weighted by Gasteiger charge is 2.31. The Morgan fingerprint density at radius 1 is 0.921 bits per heavy atom. The van der Waals surface area contributed by atoms with E-state index in [1.165, 1.54) is 36.6 Å². The number of H-pyrrole nitrogens is 1. The second kappa shape index (κ2) is 10.1. The summed E-state index contributed by atoms with van der Waals surface area (Å²) in [6.45, 7) is 2.37. The number of carbonyl (C=O) groups excluding carboxylic acids is 4. The molecule has 3 aromatic heterocycles. The van der Waals surface area contributed by atoms with E-state index < -0.39 is 11.7 Å². The molecule has 12 nitrogen and oxygen atoms in total. The number of amides is 3. The summed E-state index contributed by atoms with van der Waals surface area (Å²) in [6.07, 6.45) is 5.28. The predicted octanol–water partition coefficient (Wildman–Crippen LogP) is 1.85. The predicted molar refractivity (Wildman–Crippen MR) is 136 cm³/mol. The second-order valence-corrected chi connectivity index (χ2v) is 8.69. The van der Waals surface area contributed by atoms with Crippen LogP contribution in [0.5, 0.6) is 5.75 Å². The summed E-state index contributed by atoms with van der Waals surface area (Å²) in [4.78, 5) is 68.8. The van der Waals surface area contributed by atoms with E-state index in [0.717, 1.165) is 0 Å².